The smallest absolute Gasteiger partial charge is 0.331 e. The van der Waals surface area contributed by atoms with Gasteiger partial charge in [-0.3, -0.25) is 9.59 Å². The van der Waals surface area contributed by atoms with Crippen LogP contribution in [0.3, 0.4) is 0 Å². The number of carbonyl (C=O) groups is 3. The van der Waals surface area contributed by atoms with Crippen LogP contribution in [0, 0.1) is 5.92 Å². The molecule has 1 N–H and O–H groups in total. The van der Waals surface area contributed by atoms with Gasteiger partial charge in [-0.2, -0.15) is 0 Å². The van der Waals surface area contributed by atoms with Gasteiger partial charge < -0.3 is 24.2 Å². The van der Waals surface area contributed by atoms with Crippen molar-refractivity contribution >= 4 is 23.9 Å². The van der Waals surface area contributed by atoms with E-state index in [0.717, 1.165) is 0 Å². The Morgan fingerprint density at radius 2 is 1.93 bits per heavy atom. The van der Waals surface area contributed by atoms with Crippen molar-refractivity contribution in [1.82, 2.24) is 4.90 Å². The van der Waals surface area contributed by atoms with Gasteiger partial charge in [0.1, 0.15) is 0 Å². The van der Waals surface area contributed by atoms with Crippen LogP contribution in [0.1, 0.15) is 18.4 Å². The lowest BCUT2D eigenvalue weighted by atomic mass is 9.97. The van der Waals surface area contributed by atoms with Gasteiger partial charge in [0.25, 0.3) is 5.91 Å². The highest BCUT2D eigenvalue weighted by Crippen LogP contribution is 2.26. The van der Waals surface area contributed by atoms with Crippen LogP contribution in [-0.2, 0) is 23.9 Å². The summed E-state index contributed by atoms with van der Waals surface area (Å²) in [6, 6.07) is 4.62. The van der Waals surface area contributed by atoms with E-state index in [1.54, 1.807) is 17.0 Å². The van der Waals surface area contributed by atoms with E-state index in [4.69, 9.17) is 14.2 Å². The molecule has 0 bridgehead atoms. The molecule has 1 saturated heterocycles. The fourth-order valence-corrected chi connectivity index (χ4v) is 2.77. The fourth-order valence-electron chi connectivity index (χ4n) is 2.77. The molecule has 146 valence electrons. The average molecular weight is 377 g/mol. The maximum absolute atomic E-state index is 12.1. The fraction of sp³-hybridized carbons (Fsp3) is 0.421. The van der Waals surface area contributed by atoms with Crippen molar-refractivity contribution in [3.8, 4) is 11.5 Å². The molecular weight excluding hydrogens is 354 g/mol. The van der Waals surface area contributed by atoms with Crippen LogP contribution in [0.5, 0.6) is 11.5 Å². The van der Waals surface area contributed by atoms with E-state index in [0.29, 0.717) is 31.5 Å². The number of aromatic hydroxyl groups is 1. The van der Waals surface area contributed by atoms with E-state index in [1.165, 1.54) is 32.4 Å². The molecule has 0 atom stereocenters. The molecule has 1 heterocycles. The number of hydrogen-bond acceptors (Lipinski definition) is 7. The van der Waals surface area contributed by atoms with Gasteiger partial charge in [-0.05, 0) is 36.6 Å². The third-order valence-corrected chi connectivity index (χ3v) is 4.34. The van der Waals surface area contributed by atoms with Gasteiger partial charge >= 0.3 is 11.9 Å². The Kier molecular flexibility index (Phi) is 7.22. The summed E-state index contributed by atoms with van der Waals surface area (Å²) in [7, 11) is 2.78. The van der Waals surface area contributed by atoms with E-state index < -0.39 is 5.97 Å². The second-order valence-corrected chi connectivity index (χ2v) is 6.05. The van der Waals surface area contributed by atoms with Crippen LogP contribution in [0.15, 0.2) is 24.3 Å². The summed E-state index contributed by atoms with van der Waals surface area (Å²) < 4.78 is 14.7. The average Bonchev–Trinajstić information content (AvgIpc) is 2.70. The van der Waals surface area contributed by atoms with Gasteiger partial charge in [-0.25, -0.2) is 4.79 Å². The SMILES string of the molecule is COC(=O)C1CCN(C(=O)COC(=O)/C=C/c2ccc(O)c(OC)c2)CC1. The molecular formula is C19H23NO7. The molecule has 8 heteroatoms. The molecule has 0 aromatic heterocycles. The zero-order chi connectivity index (χ0) is 19.8. The second-order valence-electron chi connectivity index (χ2n) is 6.05. The third-order valence-electron chi connectivity index (χ3n) is 4.34. The minimum atomic E-state index is -0.653. The number of hydrogen-bond donors (Lipinski definition) is 1. The highest BCUT2D eigenvalue weighted by atomic mass is 16.5. The molecule has 27 heavy (non-hydrogen) atoms. The molecule has 1 aromatic carbocycles. The second kappa shape index (κ2) is 9.61. The Hall–Kier alpha value is -3.03. The predicted molar refractivity (Wildman–Crippen MR) is 96.0 cm³/mol. The van der Waals surface area contributed by atoms with Crippen molar-refractivity contribution in [3.05, 3.63) is 29.8 Å². The van der Waals surface area contributed by atoms with Crippen LogP contribution in [0.4, 0.5) is 0 Å². The number of nitrogens with zero attached hydrogens (tertiary/aromatic N) is 1. The number of methoxy groups -OCH3 is 2. The maximum atomic E-state index is 12.1. The molecule has 2 rings (SSSR count). The molecule has 1 fully saturated rings. The Balaban J connectivity index is 1.78. The Morgan fingerprint density at radius 1 is 1.22 bits per heavy atom. The van der Waals surface area contributed by atoms with Crippen molar-refractivity contribution in [2.75, 3.05) is 33.9 Å². The van der Waals surface area contributed by atoms with Gasteiger partial charge in [0.15, 0.2) is 18.1 Å². The van der Waals surface area contributed by atoms with Crippen molar-refractivity contribution < 1.29 is 33.7 Å². The molecule has 1 aliphatic heterocycles. The van der Waals surface area contributed by atoms with E-state index in [-0.39, 0.29) is 35.9 Å². The molecule has 0 unspecified atom stereocenters. The molecule has 8 nitrogen and oxygen atoms in total. The molecule has 0 spiro atoms. The zero-order valence-corrected chi connectivity index (χ0v) is 15.3. The first-order valence-electron chi connectivity index (χ1n) is 8.52. The normalized spacial score (nSPS) is 14.8. The highest BCUT2D eigenvalue weighted by molar-refractivity contribution is 5.89. The maximum Gasteiger partial charge on any atom is 0.331 e. The number of amides is 1. The number of rotatable bonds is 6. The molecule has 0 aliphatic carbocycles. The topological polar surface area (TPSA) is 102 Å². The Bertz CT molecular complexity index is 721. The highest BCUT2D eigenvalue weighted by Gasteiger charge is 2.28. The van der Waals surface area contributed by atoms with Crippen LogP contribution < -0.4 is 4.74 Å². The number of phenols is 1. The number of piperidine rings is 1. The molecule has 1 amide bonds. The Morgan fingerprint density at radius 3 is 2.56 bits per heavy atom. The van der Waals surface area contributed by atoms with Crippen molar-refractivity contribution in [3.63, 3.8) is 0 Å². The van der Waals surface area contributed by atoms with Crippen LogP contribution in [0.2, 0.25) is 0 Å². The van der Waals surface area contributed by atoms with E-state index >= 15 is 0 Å². The van der Waals surface area contributed by atoms with Gasteiger partial charge in [-0.1, -0.05) is 6.07 Å². The molecule has 0 radical (unpaired) electrons. The summed E-state index contributed by atoms with van der Waals surface area (Å²) in [5, 5.41) is 9.53. The first-order chi connectivity index (χ1) is 12.9. The van der Waals surface area contributed by atoms with Crippen LogP contribution >= 0.6 is 0 Å². The summed E-state index contributed by atoms with van der Waals surface area (Å²) >= 11 is 0. The largest absolute Gasteiger partial charge is 0.504 e. The predicted octanol–water partition coefficient (Wildman–Crippen LogP) is 1.37. The van der Waals surface area contributed by atoms with Crippen LogP contribution in [0.25, 0.3) is 6.08 Å². The van der Waals surface area contributed by atoms with Crippen molar-refractivity contribution in [1.29, 1.82) is 0 Å². The molecule has 1 aliphatic rings. The monoisotopic (exact) mass is 377 g/mol. The zero-order valence-electron chi connectivity index (χ0n) is 15.3. The summed E-state index contributed by atoms with van der Waals surface area (Å²) in [6.45, 7) is 0.504. The quantitative estimate of drug-likeness (QED) is 0.590. The minimum Gasteiger partial charge on any atom is -0.504 e. The Labute approximate surface area is 157 Å². The first-order valence-corrected chi connectivity index (χ1v) is 8.52. The summed E-state index contributed by atoms with van der Waals surface area (Å²) in [4.78, 5) is 36.9. The minimum absolute atomic E-state index is 0.00112. The summed E-state index contributed by atoms with van der Waals surface area (Å²) in [5.41, 5.74) is 0.637. The lowest BCUT2D eigenvalue weighted by Crippen LogP contribution is -2.42. The van der Waals surface area contributed by atoms with E-state index in [2.05, 4.69) is 0 Å². The van der Waals surface area contributed by atoms with Gasteiger partial charge in [0.05, 0.1) is 20.1 Å². The summed E-state index contributed by atoms with van der Waals surface area (Å²) in [5.74, 6) is -1.11. The number of esters is 2. The lowest BCUT2D eigenvalue weighted by molar-refractivity contribution is -0.151. The van der Waals surface area contributed by atoms with E-state index in [1.807, 2.05) is 0 Å². The number of carbonyl (C=O) groups excluding carboxylic acids is 3. The van der Waals surface area contributed by atoms with Gasteiger partial charge in [0, 0.05) is 19.2 Å². The number of likely N-dealkylation sites (tertiary alicyclic amines) is 1. The van der Waals surface area contributed by atoms with Gasteiger partial charge in [-0.15, -0.1) is 0 Å². The number of phenolic OH excluding ortho intramolecular Hbond substituents is 1. The molecule has 1 aromatic rings. The number of ether oxygens (including phenoxy) is 3. The van der Waals surface area contributed by atoms with Crippen molar-refractivity contribution in [2.45, 2.75) is 12.8 Å². The van der Waals surface area contributed by atoms with Crippen LogP contribution in [-0.4, -0.2) is 61.8 Å². The van der Waals surface area contributed by atoms with E-state index in [9.17, 15) is 19.5 Å². The van der Waals surface area contributed by atoms with Crippen molar-refractivity contribution in [2.24, 2.45) is 5.92 Å². The first kappa shape index (κ1) is 20.3. The lowest BCUT2D eigenvalue weighted by Gasteiger charge is -2.30. The third kappa shape index (κ3) is 5.73. The summed E-state index contributed by atoms with van der Waals surface area (Å²) in [6.07, 6.45) is 3.77. The van der Waals surface area contributed by atoms with Gasteiger partial charge in [0.2, 0.25) is 0 Å². The molecule has 0 saturated carbocycles. The number of benzene rings is 1. The standard InChI is InChI=1S/C19H23NO7/c1-25-16-11-13(3-5-15(16)21)4-6-18(23)27-12-17(22)20-9-7-14(8-10-20)19(24)26-2/h3-6,11,14,21H,7-10,12H2,1-2H3/b6-4+.